The van der Waals surface area contributed by atoms with Crippen molar-refractivity contribution < 1.29 is 9.63 Å². The van der Waals surface area contributed by atoms with E-state index in [2.05, 4.69) is 15.0 Å². The fourth-order valence-electron chi connectivity index (χ4n) is 2.22. The topological polar surface area (TPSA) is 62.4 Å². The molecule has 5 nitrogen and oxygen atoms in total. The van der Waals surface area contributed by atoms with Crippen molar-refractivity contribution in [2.24, 2.45) is 5.92 Å². The summed E-state index contributed by atoms with van der Waals surface area (Å²) < 4.78 is 5.26. The lowest BCUT2D eigenvalue weighted by Gasteiger charge is -2.11. The SMILES string of the molecule is OCC1CCN(Cc2nc(-c3cccs3)no2)C1. The normalized spacial score (nSPS) is 20.6. The zero-order chi connectivity index (χ0) is 12.4. The molecule has 0 radical (unpaired) electrons. The van der Waals surface area contributed by atoms with E-state index >= 15 is 0 Å². The van der Waals surface area contributed by atoms with E-state index in [0.717, 1.165) is 24.4 Å². The van der Waals surface area contributed by atoms with Crippen LogP contribution in [0.3, 0.4) is 0 Å². The number of nitrogens with zero attached hydrogens (tertiary/aromatic N) is 3. The molecule has 6 heteroatoms. The van der Waals surface area contributed by atoms with Gasteiger partial charge in [-0.25, -0.2) is 0 Å². The van der Waals surface area contributed by atoms with E-state index < -0.39 is 0 Å². The summed E-state index contributed by atoms with van der Waals surface area (Å²) in [5.74, 6) is 1.71. The second-order valence-electron chi connectivity index (χ2n) is 4.56. The van der Waals surface area contributed by atoms with E-state index in [1.54, 1.807) is 11.3 Å². The molecule has 3 rings (SSSR count). The summed E-state index contributed by atoms with van der Waals surface area (Å²) >= 11 is 1.60. The Morgan fingerprint density at radius 3 is 3.22 bits per heavy atom. The van der Waals surface area contributed by atoms with Gasteiger partial charge in [0, 0.05) is 13.2 Å². The van der Waals surface area contributed by atoms with Crippen LogP contribution in [0, 0.1) is 5.92 Å². The van der Waals surface area contributed by atoms with Crippen LogP contribution in [-0.4, -0.2) is 39.8 Å². The van der Waals surface area contributed by atoms with Gasteiger partial charge in [0.25, 0.3) is 0 Å². The van der Waals surface area contributed by atoms with Crippen molar-refractivity contribution in [3.05, 3.63) is 23.4 Å². The molecule has 1 N–H and O–H groups in total. The summed E-state index contributed by atoms with van der Waals surface area (Å²) in [6.45, 7) is 2.84. The Balaban J connectivity index is 1.64. The summed E-state index contributed by atoms with van der Waals surface area (Å²) in [6, 6.07) is 3.96. The molecule has 2 aromatic heterocycles. The third-order valence-electron chi connectivity index (χ3n) is 3.20. The van der Waals surface area contributed by atoms with Crippen molar-refractivity contribution in [3.63, 3.8) is 0 Å². The highest BCUT2D eigenvalue weighted by atomic mass is 32.1. The Labute approximate surface area is 109 Å². The van der Waals surface area contributed by atoms with Crippen molar-refractivity contribution in [1.29, 1.82) is 0 Å². The Hall–Kier alpha value is -1.24. The van der Waals surface area contributed by atoms with Crippen LogP contribution in [0.15, 0.2) is 22.0 Å². The molecule has 1 unspecified atom stereocenters. The maximum absolute atomic E-state index is 9.10. The van der Waals surface area contributed by atoms with Gasteiger partial charge in [0.05, 0.1) is 11.4 Å². The van der Waals surface area contributed by atoms with Gasteiger partial charge in [-0.2, -0.15) is 4.98 Å². The number of aromatic nitrogens is 2. The molecule has 2 aromatic rings. The number of likely N-dealkylation sites (tertiary alicyclic amines) is 1. The van der Waals surface area contributed by atoms with Crippen molar-refractivity contribution >= 4 is 11.3 Å². The van der Waals surface area contributed by atoms with E-state index in [1.165, 1.54) is 0 Å². The molecule has 96 valence electrons. The second kappa shape index (κ2) is 5.17. The fraction of sp³-hybridized carbons (Fsp3) is 0.500. The van der Waals surface area contributed by atoms with E-state index in [1.807, 2.05) is 17.5 Å². The van der Waals surface area contributed by atoms with E-state index in [0.29, 0.717) is 24.2 Å². The zero-order valence-electron chi connectivity index (χ0n) is 9.95. The molecule has 0 aliphatic carbocycles. The minimum absolute atomic E-state index is 0.265. The van der Waals surface area contributed by atoms with Gasteiger partial charge in [0.1, 0.15) is 0 Å². The van der Waals surface area contributed by atoms with Gasteiger partial charge in [0.2, 0.25) is 11.7 Å². The summed E-state index contributed by atoms with van der Waals surface area (Å²) in [5.41, 5.74) is 0. The molecule has 3 heterocycles. The average molecular weight is 265 g/mol. The van der Waals surface area contributed by atoms with Crippen LogP contribution in [0.25, 0.3) is 10.7 Å². The molecule has 0 aromatic carbocycles. The first-order chi connectivity index (χ1) is 8.85. The largest absolute Gasteiger partial charge is 0.396 e. The molecular formula is C12H15N3O2S. The summed E-state index contributed by atoms with van der Waals surface area (Å²) in [6.07, 6.45) is 1.04. The predicted octanol–water partition coefficient (Wildman–Crippen LogP) is 1.61. The predicted molar refractivity (Wildman–Crippen MR) is 68.1 cm³/mol. The second-order valence-corrected chi connectivity index (χ2v) is 5.51. The first kappa shape index (κ1) is 11.8. The summed E-state index contributed by atoms with van der Waals surface area (Å²) in [4.78, 5) is 7.67. The molecule has 0 saturated carbocycles. The minimum atomic E-state index is 0.265. The number of aliphatic hydroxyl groups is 1. The van der Waals surface area contributed by atoms with Gasteiger partial charge in [-0.1, -0.05) is 11.2 Å². The molecular weight excluding hydrogens is 250 g/mol. The van der Waals surface area contributed by atoms with Crippen LogP contribution in [0.4, 0.5) is 0 Å². The van der Waals surface area contributed by atoms with Crippen LogP contribution >= 0.6 is 11.3 Å². The lowest BCUT2D eigenvalue weighted by atomic mass is 10.1. The smallest absolute Gasteiger partial charge is 0.241 e. The third-order valence-corrected chi connectivity index (χ3v) is 4.06. The molecule has 1 atom stereocenters. The summed E-state index contributed by atoms with van der Waals surface area (Å²) in [5, 5.41) is 15.1. The van der Waals surface area contributed by atoms with Crippen LogP contribution in [0.1, 0.15) is 12.3 Å². The van der Waals surface area contributed by atoms with Gasteiger partial charge < -0.3 is 9.63 Å². The van der Waals surface area contributed by atoms with Crippen molar-refractivity contribution in [2.75, 3.05) is 19.7 Å². The Bertz CT molecular complexity index is 497. The van der Waals surface area contributed by atoms with Gasteiger partial charge in [0.15, 0.2) is 0 Å². The number of rotatable bonds is 4. The minimum Gasteiger partial charge on any atom is -0.396 e. The molecule has 1 fully saturated rings. The first-order valence-corrected chi connectivity index (χ1v) is 6.93. The Morgan fingerprint density at radius 1 is 1.56 bits per heavy atom. The van der Waals surface area contributed by atoms with E-state index in [9.17, 15) is 0 Å². The number of hydrogen-bond donors (Lipinski definition) is 1. The molecule has 0 spiro atoms. The van der Waals surface area contributed by atoms with Crippen molar-refractivity contribution in [3.8, 4) is 10.7 Å². The Kier molecular flexibility index (Phi) is 3.40. The number of thiophene rings is 1. The zero-order valence-corrected chi connectivity index (χ0v) is 10.8. The van der Waals surface area contributed by atoms with Crippen molar-refractivity contribution in [2.45, 2.75) is 13.0 Å². The molecule has 1 aliphatic heterocycles. The maximum Gasteiger partial charge on any atom is 0.241 e. The van der Waals surface area contributed by atoms with Gasteiger partial charge in [-0.3, -0.25) is 4.90 Å². The third kappa shape index (κ3) is 2.45. The van der Waals surface area contributed by atoms with E-state index in [-0.39, 0.29) is 6.61 Å². The Morgan fingerprint density at radius 2 is 2.50 bits per heavy atom. The van der Waals surface area contributed by atoms with Crippen LogP contribution in [0.2, 0.25) is 0 Å². The highest BCUT2D eigenvalue weighted by molar-refractivity contribution is 7.13. The standard InChI is InChI=1S/C12H15N3O2S/c16-8-9-3-4-15(6-9)7-11-13-12(14-17-11)10-2-1-5-18-10/h1-2,5,9,16H,3-4,6-8H2. The van der Waals surface area contributed by atoms with E-state index in [4.69, 9.17) is 9.63 Å². The number of aliphatic hydroxyl groups excluding tert-OH is 1. The highest BCUT2D eigenvalue weighted by Crippen LogP contribution is 2.22. The van der Waals surface area contributed by atoms with Gasteiger partial charge in [-0.15, -0.1) is 11.3 Å². The number of hydrogen-bond acceptors (Lipinski definition) is 6. The molecule has 1 saturated heterocycles. The average Bonchev–Trinajstić information content (AvgIpc) is 3.10. The molecule has 0 amide bonds. The van der Waals surface area contributed by atoms with Crippen molar-refractivity contribution in [1.82, 2.24) is 15.0 Å². The lowest BCUT2D eigenvalue weighted by Crippen LogP contribution is -2.21. The van der Waals surface area contributed by atoms with Crippen LogP contribution in [0.5, 0.6) is 0 Å². The molecule has 18 heavy (non-hydrogen) atoms. The summed E-state index contributed by atoms with van der Waals surface area (Å²) in [7, 11) is 0. The maximum atomic E-state index is 9.10. The molecule has 1 aliphatic rings. The van der Waals surface area contributed by atoms with Crippen LogP contribution < -0.4 is 0 Å². The highest BCUT2D eigenvalue weighted by Gasteiger charge is 2.23. The van der Waals surface area contributed by atoms with Gasteiger partial charge in [-0.05, 0) is 30.3 Å². The van der Waals surface area contributed by atoms with Gasteiger partial charge >= 0.3 is 0 Å². The molecule has 0 bridgehead atoms. The fourth-order valence-corrected chi connectivity index (χ4v) is 2.87. The first-order valence-electron chi connectivity index (χ1n) is 6.05. The monoisotopic (exact) mass is 265 g/mol. The van der Waals surface area contributed by atoms with Crippen LogP contribution in [-0.2, 0) is 6.54 Å². The quantitative estimate of drug-likeness (QED) is 0.910. The lowest BCUT2D eigenvalue weighted by molar-refractivity contribution is 0.211.